The fraction of sp³-hybridized carbons (Fsp3) is 0.233. The number of allylic oxidation sites excluding steroid dienone is 1. The molecule has 0 saturated carbocycles. The predicted molar refractivity (Wildman–Crippen MR) is 146 cm³/mol. The third-order valence-electron chi connectivity index (χ3n) is 6.89. The van der Waals surface area contributed by atoms with Gasteiger partial charge < -0.3 is 0 Å². The molecular weight excluding hydrogens is 423 g/mol. The van der Waals surface area contributed by atoms with Crippen LogP contribution in [-0.2, 0) is 16.1 Å². The van der Waals surface area contributed by atoms with Crippen molar-refractivity contribution < 1.29 is 9.53 Å². The van der Waals surface area contributed by atoms with Gasteiger partial charge in [-0.3, -0.25) is 0 Å². The van der Waals surface area contributed by atoms with Gasteiger partial charge in [0.1, 0.15) is 0 Å². The van der Waals surface area contributed by atoms with Gasteiger partial charge in [0, 0.05) is 0 Å². The average molecular weight is 457 g/mol. The molecule has 0 aromatic heterocycles. The summed E-state index contributed by atoms with van der Waals surface area (Å²) in [5.41, 5.74) is 1.12. The summed E-state index contributed by atoms with van der Waals surface area (Å²) in [6.07, 6.45) is 2.98. The van der Waals surface area contributed by atoms with Crippen LogP contribution in [0.3, 0.4) is 0 Å². The van der Waals surface area contributed by atoms with Crippen molar-refractivity contribution in [1.82, 2.24) is 0 Å². The Kier molecular flexibility index (Phi) is 6.41. The number of carbonyl (C=O) groups is 1. The molecule has 0 fully saturated rings. The second-order valence-electron chi connectivity index (χ2n) is 9.80. The monoisotopic (exact) mass is 456 g/mol. The van der Waals surface area contributed by atoms with Crippen LogP contribution in [0.15, 0.2) is 91.5 Å². The Bertz CT molecular complexity index is 1330. The van der Waals surface area contributed by atoms with Crippen LogP contribution in [0.25, 0.3) is 21.5 Å². The van der Waals surface area contributed by atoms with Crippen molar-refractivity contribution in [2.24, 2.45) is 0 Å². The first-order valence-corrected chi connectivity index (χ1v) is 13.7. The Morgan fingerprint density at radius 1 is 0.909 bits per heavy atom. The van der Waals surface area contributed by atoms with E-state index in [0.717, 1.165) is 22.5 Å². The van der Waals surface area contributed by atoms with Crippen molar-refractivity contribution in [2.75, 3.05) is 6.16 Å². The van der Waals surface area contributed by atoms with Gasteiger partial charge >= 0.3 is 198 Å². The van der Waals surface area contributed by atoms with Crippen LogP contribution >= 0.6 is 7.26 Å². The molecule has 0 bridgehead atoms. The molecule has 0 atom stereocenters. The van der Waals surface area contributed by atoms with Gasteiger partial charge in [0.25, 0.3) is 0 Å². The predicted octanol–water partition coefficient (Wildman–Crippen LogP) is 6.74. The summed E-state index contributed by atoms with van der Waals surface area (Å²) in [5.74, 6) is -0.258. The van der Waals surface area contributed by atoms with E-state index in [1.807, 2.05) is 0 Å². The second kappa shape index (κ2) is 9.12. The average Bonchev–Trinajstić information content (AvgIpc) is 2.80. The van der Waals surface area contributed by atoms with Crippen molar-refractivity contribution in [1.29, 1.82) is 0 Å². The van der Waals surface area contributed by atoms with Crippen LogP contribution in [0.5, 0.6) is 0 Å². The van der Waals surface area contributed by atoms with Gasteiger partial charge in [-0.15, -0.1) is 0 Å². The van der Waals surface area contributed by atoms with Crippen LogP contribution in [-0.4, -0.2) is 17.3 Å². The van der Waals surface area contributed by atoms with Crippen molar-refractivity contribution in [2.45, 2.75) is 39.5 Å². The molecule has 170 valence electrons. The number of ether oxygens (including phenoxy) is 1. The van der Waals surface area contributed by atoms with Crippen LogP contribution in [0, 0.1) is 0 Å². The number of benzene rings is 4. The maximum atomic E-state index is 11.8. The minimum absolute atomic E-state index is 0.00290. The van der Waals surface area contributed by atoms with Gasteiger partial charge in [-0.1, -0.05) is 0 Å². The molecule has 0 N–H and O–H groups in total. The van der Waals surface area contributed by atoms with E-state index in [2.05, 4.69) is 112 Å². The van der Waals surface area contributed by atoms with Crippen LogP contribution < -0.4 is 10.6 Å². The Balaban J connectivity index is 2.08. The standard InChI is InChI=1S/C30H33O2P/c1-6-19-33(30(3,4)5,26-17-15-23-11-7-8-13-25(23)20-26)29-18-16-24-12-9-10-14-27(24)28(29)21-32-22(2)31/h6-18,20,33H,1,19,21H2,2-5H3. The summed E-state index contributed by atoms with van der Waals surface area (Å²) < 4.78 is 5.63. The number of fused-ring (bicyclic) bond motifs is 2. The van der Waals surface area contributed by atoms with E-state index in [1.54, 1.807) is 0 Å². The Labute approximate surface area is 197 Å². The molecule has 0 radical (unpaired) electrons. The van der Waals surface area contributed by atoms with Crippen molar-refractivity contribution in [3.05, 3.63) is 97.1 Å². The second-order valence-corrected chi connectivity index (χ2v) is 14.6. The molecule has 0 spiro atoms. The fourth-order valence-electron chi connectivity index (χ4n) is 5.26. The normalized spacial score (nSPS) is 12.6. The van der Waals surface area contributed by atoms with Crippen LogP contribution in [0.4, 0.5) is 0 Å². The number of carbonyl (C=O) groups excluding carboxylic acids is 1. The van der Waals surface area contributed by atoms with Gasteiger partial charge in [-0.25, -0.2) is 0 Å². The topological polar surface area (TPSA) is 26.3 Å². The Hall–Kier alpha value is -2.96. The first-order chi connectivity index (χ1) is 15.8. The van der Waals surface area contributed by atoms with E-state index < -0.39 is 7.26 Å². The van der Waals surface area contributed by atoms with E-state index in [0.29, 0.717) is 0 Å². The first kappa shape index (κ1) is 23.2. The fourth-order valence-corrected chi connectivity index (χ4v) is 10.6. The summed E-state index contributed by atoms with van der Waals surface area (Å²) in [6, 6.07) is 28.4. The van der Waals surface area contributed by atoms with E-state index in [9.17, 15) is 4.79 Å². The Morgan fingerprint density at radius 2 is 1.55 bits per heavy atom. The van der Waals surface area contributed by atoms with E-state index in [-0.39, 0.29) is 17.7 Å². The van der Waals surface area contributed by atoms with Gasteiger partial charge in [-0.05, 0) is 0 Å². The summed E-state index contributed by atoms with van der Waals surface area (Å²) in [5, 5.41) is 7.52. The summed E-state index contributed by atoms with van der Waals surface area (Å²) in [7, 11) is -2.41. The van der Waals surface area contributed by atoms with Gasteiger partial charge in [0.05, 0.1) is 0 Å². The van der Waals surface area contributed by atoms with Crippen molar-refractivity contribution >= 4 is 45.4 Å². The number of esters is 1. The molecule has 0 aliphatic heterocycles. The molecule has 0 saturated heterocycles. The zero-order chi connectivity index (χ0) is 23.6. The first-order valence-electron chi connectivity index (χ1n) is 11.5. The molecule has 33 heavy (non-hydrogen) atoms. The zero-order valence-electron chi connectivity index (χ0n) is 20.0. The molecule has 0 amide bonds. The van der Waals surface area contributed by atoms with Crippen molar-refractivity contribution in [3.63, 3.8) is 0 Å². The molecule has 4 aromatic carbocycles. The van der Waals surface area contributed by atoms with E-state index in [1.165, 1.54) is 28.3 Å². The number of hydrogen-bond donors (Lipinski definition) is 0. The molecule has 2 nitrogen and oxygen atoms in total. The Morgan fingerprint density at radius 3 is 2.21 bits per heavy atom. The number of hydrogen-bond acceptors (Lipinski definition) is 2. The quantitative estimate of drug-likeness (QED) is 0.182. The van der Waals surface area contributed by atoms with Crippen LogP contribution in [0.1, 0.15) is 33.3 Å². The van der Waals surface area contributed by atoms with E-state index in [4.69, 9.17) is 4.74 Å². The molecule has 0 unspecified atom stereocenters. The minimum atomic E-state index is -2.41. The van der Waals surface area contributed by atoms with Crippen molar-refractivity contribution in [3.8, 4) is 0 Å². The third-order valence-corrected chi connectivity index (χ3v) is 13.0. The molecule has 4 aromatic rings. The van der Waals surface area contributed by atoms with Gasteiger partial charge in [0.15, 0.2) is 0 Å². The van der Waals surface area contributed by atoms with E-state index >= 15 is 0 Å². The zero-order valence-corrected chi connectivity index (χ0v) is 21.0. The van der Waals surface area contributed by atoms with Gasteiger partial charge in [0.2, 0.25) is 0 Å². The number of rotatable bonds is 6. The molecule has 0 aliphatic carbocycles. The molecule has 0 aliphatic rings. The molecule has 4 rings (SSSR count). The SMILES string of the molecule is C=CC[PH](c1ccc2ccccc2c1)(c1ccc2ccccc2c1COC(C)=O)C(C)(C)C. The molecule has 0 heterocycles. The molecular formula is C30H33O2P. The summed E-state index contributed by atoms with van der Waals surface area (Å²) in [4.78, 5) is 11.8. The molecule has 3 heteroatoms. The summed E-state index contributed by atoms with van der Waals surface area (Å²) >= 11 is 0. The maximum absolute atomic E-state index is 11.8. The van der Waals surface area contributed by atoms with Gasteiger partial charge in [-0.2, -0.15) is 0 Å². The summed E-state index contributed by atoms with van der Waals surface area (Å²) in [6.45, 7) is 13.0. The third kappa shape index (κ3) is 4.21. The van der Waals surface area contributed by atoms with Crippen LogP contribution in [0.2, 0.25) is 0 Å².